The minimum Gasteiger partial charge on any atom is -0.495 e. The Morgan fingerprint density at radius 3 is 2.82 bits per heavy atom. The predicted molar refractivity (Wildman–Crippen MR) is 64.2 cm³/mol. The molecule has 0 aromatic heterocycles. The molecule has 0 fully saturated rings. The summed E-state index contributed by atoms with van der Waals surface area (Å²) in [4.78, 5) is 11.2. The highest BCUT2D eigenvalue weighted by Crippen LogP contribution is 2.32. The molecule has 1 unspecified atom stereocenters. The first-order valence-electron chi connectivity index (χ1n) is 5.26. The second-order valence-corrected chi connectivity index (χ2v) is 3.77. The van der Waals surface area contributed by atoms with Crippen molar-refractivity contribution in [1.82, 2.24) is 0 Å². The number of ether oxygens (including phenoxy) is 2. The fraction of sp³-hybridized carbons (Fsp3) is 0.417. The van der Waals surface area contributed by atoms with Crippen molar-refractivity contribution in [3.8, 4) is 5.75 Å². The number of rotatable bonds is 5. The lowest BCUT2D eigenvalue weighted by Gasteiger charge is -2.13. The van der Waals surface area contributed by atoms with Gasteiger partial charge in [0.15, 0.2) is 0 Å². The second kappa shape index (κ2) is 6.47. The van der Waals surface area contributed by atoms with Gasteiger partial charge < -0.3 is 14.6 Å². The summed E-state index contributed by atoms with van der Waals surface area (Å²) in [6.07, 6.45) is -1.11. The van der Waals surface area contributed by atoms with E-state index in [0.717, 1.165) is 0 Å². The smallest absolute Gasteiger partial charge is 0.308 e. The molecule has 0 aliphatic heterocycles. The molecule has 1 aromatic rings. The third kappa shape index (κ3) is 3.61. The summed E-state index contributed by atoms with van der Waals surface area (Å²) >= 11 is 6.03. The van der Waals surface area contributed by atoms with Gasteiger partial charge in [0.25, 0.3) is 0 Å². The minimum absolute atomic E-state index is 0.124. The Bertz CT molecular complexity index is 392. The van der Waals surface area contributed by atoms with Gasteiger partial charge in [-0.15, -0.1) is 0 Å². The first kappa shape index (κ1) is 13.8. The molecular formula is C12H15ClO4. The van der Waals surface area contributed by atoms with E-state index in [2.05, 4.69) is 0 Å². The van der Waals surface area contributed by atoms with E-state index in [1.807, 2.05) is 0 Å². The fourth-order valence-corrected chi connectivity index (χ4v) is 1.76. The molecule has 0 aliphatic rings. The highest BCUT2D eigenvalue weighted by molar-refractivity contribution is 6.32. The molecule has 1 N–H and O–H groups in total. The largest absolute Gasteiger partial charge is 0.495 e. The van der Waals surface area contributed by atoms with E-state index in [0.29, 0.717) is 16.3 Å². The van der Waals surface area contributed by atoms with Gasteiger partial charge in [-0.1, -0.05) is 23.7 Å². The van der Waals surface area contributed by atoms with Crippen molar-refractivity contribution in [3.05, 3.63) is 28.8 Å². The summed E-state index contributed by atoms with van der Waals surface area (Å²) in [5.74, 6) is 0.00552. The lowest BCUT2D eigenvalue weighted by atomic mass is 10.1. The average molecular weight is 259 g/mol. The summed E-state index contributed by atoms with van der Waals surface area (Å²) in [6, 6.07) is 5.03. The van der Waals surface area contributed by atoms with E-state index in [1.54, 1.807) is 25.1 Å². The van der Waals surface area contributed by atoms with Gasteiger partial charge in [-0.2, -0.15) is 0 Å². The molecule has 0 bridgehead atoms. The first-order valence-corrected chi connectivity index (χ1v) is 5.64. The maximum atomic E-state index is 11.2. The molecule has 0 radical (unpaired) electrons. The van der Waals surface area contributed by atoms with Crippen molar-refractivity contribution in [2.75, 3.05) is 13.7 Å². The van der Waals surface area contributed by atoms with E-state index in [1.165, 1.54) is 7.11 Å². The van der Waals surface area contributed by atoms with Crippen molar-refractivity contribution in [3.63, 3.8) is 0 Å². The SMILES string of the molecule is CCOC(=O)CC(O)c1cccc(OC)c1Cl. The van der Waals surface area contributed by atoms with Gasteiger partial charge >= 0.3 is 5.97 Å². The molecular weight excluding hydrogens is 244 g/mol. The van der Waals surface area contributed by atoms with Gasteiger partial charge in [-0.25, -0.2) is 0 Å². The van der Waals surface area contributed by atoms with Crippen LogP contribution in [0.3, 0.4) is 0 Å². The molecule has 0 saturated carbocycles. The summed E-state index contributed by atoms with van der Waals surface area (Å²) in [6.45, 7) is 2.00. The molecule has 4 nitrogen and oxygen atoms in total. The molecule has 5 heteroatoms. The average Bonchev–Trinajstić information content (AvgIpc) is 2.29. The lowest BCUT2D eigenvalue weighted by Crippen LogP contribution is -2.10. The number of methoxy groups -OCH3 is 1. The number of aliphatic hydroxyl groups excluding tert-OH is 1. The van der Waals surface area contributed by atoms with Crippen LogP contribution >= 0.6 is 11.6 Å². The summed E-state index contributed by atoms with van der Waals surface area (Å²) in [7, 11) is 1.49. The van der Waals surface area contributed by atoms with Crippen LogP contribution in [-0.2, 0) is 9.53 Å². The number of halogens is 1. The number of hydrogen-bond donors (Lipinski definition) is 1. The maximum absolute atomic E-state index is 11.2. The molecule has 0 amide bonds. The summed E-state index contributed by atoms with van der Waals surface area (Å²) in [5, 5.41) is 10.2. The van der Waals surface area contributed by atoms with E-state index in [9.17, 15) is 9.90 Å². The summed E-state index contributed by atoms with van der Waals surface area (Å²) in [5.41, 5.74) is 0.457. The number of aliphatic hydroxyl groups is 1. The first-order chi connectivity index (χ1) is 8.10. The zero-order valence-corrected chi connectivity index (χ0v) is 10.5. The lowest BCUT2D eigenvalue weighted by molar-refractivity contribution is -0.145. The Labute approximate surface area is 105 Å². The topological polar surface area (TPSA) is 55.8 Å². The Morgan fingerprint density at radius 1 is 1.53 bits per heavy atom. The van der Waals surface area contributed by atoms with Gasteiger partial charge in [0.1, 0.15) is 5.75 Å². The minimum atomic E-state index is -0.989. The summed E-state index contributed by atoms with van der Waals surface area (Å²) < 4.78 is 9.79. The third-order valence-electron chi connectivity index (χ3n) is 2.24. The van der Waals surface area contributed by atoms with Gasteiger partial charge in [0.2, 0.25) is 0 Å². The Hall–Kier alpha value is -1.26. The monoisotopic (exact) mass is 258 g/mol. The number of carbonyl (C=O) groups is 1. The number of carbonyl (C=O) groups excluding carboxylic acids is 1. The van der Waals surface area contributed by atoms with E-state index >= 15 is 0 Å². The highest BCUT2D eigenvalue weighted by Gasteiger charge is 2.18. The van der Waals surface area contributed by atoms with Gasteiger partial charge in [0, 0.05) is 5.56 Å². The maximum Gasteiger partial charge on any atom is 0.308 e. The molecule has 17 heavy (non-hydrogen) atoms. The van der Waals surface area contributed by atoms with Crippen LogP contribution in [0, 0.1) is 0 Å². The Balaban J connectivity index is 2.81. The highest BCUT2D eigenvalue weighted by atomic mass is 35.5. The number of benzene rings is 1. The third-order valence-corrected chi connectivity index (χ3v) is 2.64. The zero-order chi connectivity index (χ0) is 12.8. The zero-order valence-electron chi connectivity index (χ0n) is 9.77. The van der Waals surface area contributed by atoms with Crippen molar-refractivity contribution in [1.29, 1.82) is 0 Å². The molecule has 1 aromatic carbocycles. The van der Waals surface area contributed by atoms with Crippen LogP contribution in [0.2, 0.25) is 5.02 Å². The van der Waals surface area contributed by atoms with Crippen LogP contribution in [-0.4, -0.2) is 24.8 Å². The molecule has 1 rings (SSSR count). The van der Waals surface area contributed by atoms with Crippen LogP contribution in [0.25, 0.3) is 0 Å². The van der Waals surface area contributed by atoms with Crippen LogP contribution in [0.1, 0.15) is 25.0 Å². The molecule has 1 atom stereocenters. The van der Waals surface area contributed by atoms with Crippen molar-refractivity contribution >= 4 is 17.6 Å². The van der Waals surface area contributed by atoms with Crippen LogP contribution in [0.4, 0.5) is 0 Å². The Kier molecular flexibility index (Phi) is 5.25. The molecule has 94 valence electrons. The van der Waals surface area contributed by atoms with Crippen molar-refractivity contribution in [2.45, 2.75) is 19.4 Å². The van der Waals surface area contributed by atoms with Gasteiger partial charge in [0.05, 0.1) is 31.3 Å². The second-order valence-electron chi connectivity index (χ2n) is 3.39. The molecule has 0 aliphatic carbocycles. The van der Waals surface area contributed by atoms with Crippen LogP contribution in [0.5, 0.6) is 5.75 Å². The molecule has 0 saturated heterocycles. The molecule has 0 heterocycles. The van der Waals surface area contributed by atoms with Crippen LogP contribution < -0.4 is 4.74 Å². The van der Waals surface area contributed by atoms with E-state index in [-0.39, 0.29) is 13.0 Å². The van der Waals surface area contributed by atoms with Gasteiger partial charge in [-0.05, 0) is 13.0 Å². The Morgan fingerprint density at radius 2 is 2.24 bits per heavy atom. The normalized spacial score (nSPS) is 12.0. The van der Waals surface area contributed by atoms with Crippen molar-refractivity contribution in [2.24, 2.45) is 0 Å². The van der Waals surface area contributed by atoms with Gasteiger partial charge in [-0.3, -0.25) is 4.79 Å². The molecule has 0 spiro atoms. The van der Waals surface area contributed by atoms with Crippen molar-refractivity contribution < 1.29 is 19.4 Å². The predicted octanol–water partition coefficient (Wildman–Crippen LogP) is 2.34. The standard InChI is InChI=1S/C12H15ClO4/c1-3-17-11(15)7-9(14)8-5-4-6-10(16-2)12(8)13/h4-6,9,14H,3,7H2,1-2H3. The number of esters is 1. The number of hydrogen-bond acceptors (Lipinski definition) is 4. The van der Waals surface area contributed by atoms with Crippen LogP contribution in [0.15, 0.2) is 18.2 Å². The quantitative estimate of drug-likeness (QED) is 0.824. The van der Waals surface area contributed by atoms with E-state index < -0.39 is 12.1 Å². The fourth-order valence-electron chi connectivity index (χ4n) is 1.43. The van der Waals surface area contributed by atoms with E-state index in [4.69, 9.17) is 21.1 Å².